The Bertz CT molecular complexity index is 334. The normalized spacial score (nSPS) is 25.5. The minimum Gasteiger partial charge on any atom is -0.315 e. The van der Waals surface area contributed by atoms with Crippen LogP contribution in [0.1, 0.15) is 24.8 Å². The number of nitrogens with one attached hydrogen (secondary N) is 1. The van der Waals surface area contributed by atoms with Crippen LogP contribution in [0.2, 0.25) is 0 Å². The minimum absolute atomic E-state index is 0.654. The molecule has 0 spiro atoms. The highest BCUT2D eigenvalue weighted by Gasteiger charge is 2.28. The molecule has 1 aromatic rings. The molecule has 16 heavy (non-hydrogen) atoms. The molecular weight excluding hydrogens is 200 g/mol. The van der Waals surface area contributed by atoms with Crippen LogP contribution in [0, 0.1) is 0 Å². The number of aryl methyl sites for hydroxylation is 1. The van der Waals surface area contributed by atoms with E-state index in [9.17, 15) is 0 Å². The van der Waals surface area contributed by atoms with Crippen molar-refractivity contribution in [3.63, 3.8) is 0 Å². The van der Waals surface area contributed by atoms with E-state index in [1.165, 1.54) is 24.8 Å². The summed E-state index contributed by atoms with van der Waals surface area (Å²) in [4.78, 5) is 2.45. The van der Waals surface area contributed by atoms with Gasteiger partial charge in [-0.3, -0.25) is 9.58 Å². The van der Waals surface area contributed by atoms with E-state index in [1.807, 2.05) is 17.9 Å². The van der Waals surface area contributed by atoms with E-state index >= 15 is 0 Å². The van der Waals surface area contributed by atoms with Crippen LogP contribution in [-0.2, 0) is 13.6 Å². The second-order valence-electron chi connectivity index (χ2n) is 4.83. The molecule has 1 fully saturated rings. The maximum absolute atomic E-state index is 4.21. The average molecular weight is 222 g/mol. The van der Waals surface area contributed by atoms with Gasteiger partial charge in [-0.1, -0.05) is 6.42 Å². The highest BCUT2D eigenvalue weighted by molar-refractivity contribution is 5.04. The van der Waals surface area contributed by atoms with Gasteiger partial charge >= 0.3 is 0 Å². The summed E-state index contributed by atoms with van der Waals surface area (Å²) in [6.07, 6.45) is 8.01. The topological polar surface area (TPSA) is 33.1 Å². The Morgan fingerprint density at radius 3 is 3.00 bits per heavy atom. The number of nitrogens with zero attached hydrogens (tertiary/aromatic N) is 3. The minimum atomic E-state index is 0.654. The van der Waals surface area contributed by atoms with Crippen molar-refractivity contribution in [3.8, 4) is 0 Å². The summed E-state index contributed by atoms with van der Waals surface area (Å²) in [5.41, 5.74) is 1.30. The Labute approximate surface area is 97.6 Å². The first-order valence-corrected chi connectivity index (χ1v) is 6.05. The van der Waals surface area contributed by atoms with E-state index in [2.05, 4.69) is 35.6 Å². The predicted molar refractivity (Wildman–Crippen MR) is 65.2 cm³/mol. The smallest absolute Gasteiger partial charge is 0.0534 e. The third kappa shape index (κ3) is 2.44. The Kier molecular flexibility index (Phi) is 3.61. The fourth-order valence-electron chi connectivity index (χ4n) is 2.76. The monoisotopic (exact) mass is 222 g/mol. The summed E-state index contributed by atoms with van der Waals surface area (Å²) in [5.74, 6) is 0. The quantitative estimate of drug-likeness (QED) is 0.825. The van der Waals surface area contributed by atoms with Gasteiger partial charge in [0.1, 0.15) is 0 Å². The molecule has 0 aromatic carbocycles. The summed E-state index contributed by atoms with van der Waals surface area (Å²) in [7, 11) is 6.25. The first-order chi connectivity index (χ1) is 7.70. The van der Waals surface area contributed by atoms with E-state index in [-0.39, 0.29) is 0 Å². The van der Waals surface area contributed by atoms with Crippen molar-refractivity contribution in [3.05, 3.63) is 18.0 Å². The molecule has 0 radical (unpaired) electrons. The number of hydrogen-bond acceptors (Lipinski definition) is 3. The summed E-state index contributed by atoms with van der Waals surface area (Å²) < 4.78 is 1.87. The Balaban J connectivity index is 1.94. The number of likely N-dealkylation sites (N-methyl/N-ethyl adjacent to an activating group) is 2. The van der Waals surface area contributed by atoms with E-state index in [0.717, 1.165) is 6.54 Å². The van der Waals surface area contributed by atoms with Crippen molar-refractivity contribution in [1.82, 2.24) is 20.0 Å². The highest BCUT2D eigenvalue weighted by Crippen LogP contribution is 2.24. The van der Waals surface area contributed by atoms with Gasteiger partial charge in [0, 0.05) is 37.4 Å². The van der Waals surface area contributed by atoms with Crippen LogP contribution in [0.3, 0.4) is 0 Å². The van der Waals surface area contributed by atoms with Crippen LogP contribution in [-0.4, -0.2) is 40.9 Å². The number of hydrogen-bond donors (Lipinski definition) is 1. The zero-order valence-electron chi connectivity index (χ0n) is 10.5. The first kappa shape index (κ1) is 11.6. The lowest BCUT2D eigenvalue weighted by Gasteiger charge is -2.29. The lowest BCUT2D eigenvalue weighted by Crippen LogP contribution is -2.43. The first-order valence-electron chi connectivity index (χ1n) is 6.05. The summed E-state index contributed by atoms with van der Waals surface area (Å²) in [5, 5.41) is 7.63. The maximum Gasteiger partial charge on any atom is 0.0534 e. The van der Waals surface area contributed by atoms with Crippen LogP contribution < -0.4 is 5.32 Å². The van der Waals surface area contributed by atoms with Gasteiger partial charge in [-0.25, -0.2) is 0 Å². The molecule has 0 aliphatic heterocycles. The maximum atomic E-state index is 4.21. The Morgan fingerprint density at radius 2 is 2.38 bits per heavy atom. The van der Waals surface area contributed by atoms with Gasteiger partial charge < -0.3 is 5.32 Å². The molecular formula is C12H22N4. The molecule has 90 valence electrons. The fourth-order valence-corrected chi connectivity index (χ4v) is 2.76. The standard InChI is InChI=1S/C12H22N4/c1-13-11-5-4-6-12(11)15(2)8-10-7-14-16(3)9-10/h7,9,11-13H,4-6,8H2,1-3H3. The van der Waals surface area contributed by atoms with Gasteiger partial charge in [0.05, 0.1) is 6.20 Å². The molecule has 0 amide bonds. The third-order valence-corrected chi connectivity index (χ3v) is 3.61. The molecule has 2 rings (SSSR count). The van der Waals surface area contributed by atoms with Crippen molar-refractivity contribution in [1.29, 1.82) is 0 Å². The molecule has 1 saturated carbocycles. The van der Waals surface area contributed by atoms with Gasteiger partial charge in [0.25, 0.3) is 0 Å². The van der Waals surface area contributed by atoms with Gasteiger partial charge in [0.15, 0.2) is 0 Å². The Hall–Kier alpha value is -0.870. The zero-order valence-corrected chi connectivity index (χ0v) is 10.5. The molecule has 1 aliphatic rings. The van der Waals surface area contributed by atoms with Gasteiger partial charge in [-0.05, 0) is 26.9 Å². The summed E-state index contributed by atoms with van der Waals surface area (Å²) in [6.45, 7) is 0.997. The molecule has 1 N–H and O–H groups in total. The molecule has 0 bridgehead atoms. The molecule has 1 aromatic heterocycles. The van der Waals surface area contributed by atoms with Crippen LogP contribution >= 0.6 is 0 Å². The lowest BCUT2D eigenvalue weighted by atomic mass is 10.1. The van der Waals surface area contributed by atoms with E-state index in [4.69, 9.17) is 0 Å². The third-order valence-electron chi connectivity index (χ3n) is 3.61. The van der Waals surface area contributed by atoms with Crippen molar-refractivity contribution in [2.75, 3.05) is 14.1 Å². The van der Waals surface area contributed by atoms with Crippen LogP contribution in [0.4, 0.5) is 0 Å². The van der Waals surface area contributed by atoms with Crippen LogP contribution in [0.25, 0.3) is 0 Å². The van der Waals surface area contributed by atoms with Gasteiger partial charge in [0.2, 0.25) is 0 Å². The predicted octanol–water partition coefficient (Wildman–Crippen LogP) is 0.992. The molecule has 1 aliphatic carbocycles. The van der Waals surface area contributed by atoms with Crippen LogP contribution in [0.15, 0.2) is 12.4 Å². The largest absolute Gasteiger partial charge is 0.315 e. The van der Waals surface area contributed by atoms with Crippen LogP contribution in [0.5, 0.6) is 0 Å². The van der Waals surface area contributed by atoms with E-state index < -0.39 is 0 Å². The molecule has 4 nitrogen and oxygen atoms in total. The second kappa shape index (κ2) is 4.97. The fraction of sp³-hybridized carbons (Fsp3) is 0.750. The molecule has 4 heteroatoms. The molecule has 0 saturated heterocycles. The molecule has 1 heterocycles. The van der Waals surface area contributed by atoms with E-state index in [0.29, 0.717) is 12.1 Å². The zero-order chi connectivity index (χ0) is 11.5. The lowest BCUT2D eigenvalue weighted by molar-refractivity contribution is 0.208. The summed E-state index contributed by atoms with van der Waals surface area (Å²) >= 11 is 0. The number of aromatic nitrogens is 2. The van der Waals surface area contributed by atoms with Crippen molar-refractivity contribution < 1.29 is 0 Å². The number of rotatable bonds is 4. The van der Waals surface area contributed by atoms with Crippen molar-refractivity contribution in [2.45, 2.75) is 37.9 Å². The summed E-state index contributed by atoms with van der Waals surface area (Å²) in [6, 6.07) is 1.33. The average Bonchev–Trinajstić information content (AvgIpc) is 2.86. The van der Waals surface area contributed by atoms with Gasteiger partial charge in [-0.15, -0.1) is 0 Å². The highest BCUT2D eigenvalue weighted by atomic mass is 15.2. The van der Waals surface area contributed by atoms with Gasteiger partial charge in [-0.2, -0.15) is 5.10 Å². The van der Waals surface area contributed by atoms with E-state index in [1.54, 1.807) is 0 Å². The van der Waals surface area contributed by atoms with Crippen molar-refractivity contribution in [2.24, 2.45) is 7.05 Å². The molecule has 2 unspecified atom stereocenters. The second-order valence-corrected chi connectivity index (χ2v) is 4.83. The molecule has 2 atom stereocenters. The SMILES string of the molecule is CNC1CCCC1N(C)Cc1cnn(C)c1. The van der Waals surface area contributed by atoms with Crippen molar-refractivity contribution >= 4 is 0 Å². The Morgan fingerprint density at radius 1 is 1.56 bits per heavy atom.